The van der Waals surface area contributed by atoms with Gasteiger partial charge in [0.2, 0.25) is 0 Å². The van der Waals surface area contributed by atoms with E-state index >= 15 is 0 Å². The predicted molar refractivity (Wildman–Crippen MR) is 144 cm³/mol. The Bertz CT molecular complexity index is 1410. The summed E-state index contributed by atoms with van der Waals surface area (Å²) in [5.74, 6) is -4.98. The van der Waals surface area contributed by atoms with Crippen LogP contribution in [0.25, 0.3) is 0 Å². The normalized spacial score (nSPS) is 21.5. The van der Waals surface area contributed by atoms with Crippen molar-refractivity contribution in [2.24, 2.45) is 11.8 Å². The first-order valence-corrected chi connectivity index (χ1v) is 14.5. The summed E-state index contributed by atoms with van der Waals surface area (Å²) in [7, 11) is -4.34. The first-order valence-electron chi connectivity index (χ1n) is 13.1. The van der Waals surface area contributed by atoms with Crippen LogP contribution in [0.4, 0.5) is 0 Å². The van der Waals surface area contributed by atoms with Gasteiger partial charge in [-0.3, -0.25) is 14.4 Å². The fraction of sp³-hybridized carbons (Fsp3) is 0.464. The van der Waals surface area contributed by atoms with Gasteiger partial charge in [-0.25, -0.2) is 9.78 Å². The SMILES string of the molecule is CCC1C(=O)OCC(NC(=O)c2nccc(C)c2OS(=O)(=O)c2ccc(C)cc2)C(=O)OC(C)C1OC(=O)C(C)C. The maximum Gasteiger partial charge on any atom is 0.339 e. The molecule has 1 aromatic heterocycles. The summed E-state index contributed by atoms with van der Waals surface area (Å²) in [6, 6.07) is 5.92. The summed E-state index contributed by atoms with van der Waals surface area (Å²) in [5, 5.41) is 2.39. The number of ether oxygens (including phenoxy) is 3. The van der Waals surface area contributed by atoms with E-state index in [0.29, 0.717) is 5.56 Å². The molecule has 4 unspecified atom stereocenters. The van der Waals surface area contributed by atoms with Crippen LogP contribution in [0, 0.1) is 25.7 Å². The van der Waals surface area contributed by atoms with Gasteiger partial charge in [0.05, 0.1) is 11.8 Å². The zero-order valence-electron chi connectivity index (χ0n) is 23.7. The molecule has 1 aliphatic heterocycles. The highest BCUT2D eigenvalue weighted by atomic mass is 32.2. The Kier molecular flexibility index (Phi) is 10.1. The second kappa shape index (κ2) is 13.1. The fourth-order valence-corrected chi connectivity index (χ4v) is 4.98. The van der Waals surface area contributed by atoms with E-state index in [4.69, 9.17) is 18.4 Å². The fourth-order valence-electron chi connectivity index (χ4n) is 3.98. The molecule has 0 saturated carbocycles. The molecule has 1 aromatic carbocycles. The number of aryl methyl sites for hydroxylation is 2. The summed E-state index contributed by atoms with van der Waals surface area (Å²) < 4.78 is 47.5. The number of amides is 1. The Morgan fingerprint density at radius 3 is 2.37 bits per heavy atom. The Balaban J connectivity index is 1.86. The third-order valence-corrected chi connectivity index (χ3v) is 7.66. The average molecular weight is 591 g/mol. The quantitative estimate of drug-likeness (QED) is 0.273. The van der Waals surface area contributed by atoms with Gasteiger partial charge in [0.1, 0.15) is 17.6 Å². The number of nitrogens with one attached hydrogen (secondary N) is 1. The number of carbonyl (C=O) groups is 4. The van der Waals surface area contributed by atoms with Gasteiger partial charge in [-0.05, 0) is 51.0 Å². The van der Waals surface area contributed by atoms with Crippen LogP contribution in [0.5, 0.6) is 5.75 Å². The molecule has 2 aromatic rings. The molecule has 41 heavy (non-hydrogen) atoms. The summed E-state index contributed by atoms with van der Waals surface area (Å²) in [5.41, 5.74) is 0.717. The van der Waals surface area contributed by atoms with Gasteiger partial charge in [-0.15, -0.1) is 0 Å². The first-order chi connectivity index (χ1) is 19.2. The highest BCUT2D eigenvalue weighted by Gasteiger charge is 2.41. The Morgan fingerprint density at radius 2 is 1.76 bits per heavy atom. The lowest BCUT2D eigenvalue weighted by molar-refractivity contribution is -0.176. The second-order valence-electron chi connectivity index (χ2n) is 10.0. The molecule has 0 radical (unpaired) electrons. The van der Waals surface area contributed by atoms with Crippen LogP contribution in [0.15, 0.2) is 41.4 Å². The van der Waals surface area contributed by atoms with Crippen molar-refractivity contribution in [2.75, 3.05) is 6.61 Å². The summed E-state index contributed by atoms with van der Waals surface area (Å²) >= 11 is 0. The third-order valence-electron chi connectivity index (χ3n) is 6.43. The smallest absolute Gasteiger partial charge is 0.339 e. The zero-order chi connectivity index (χ0) is 30.5. The molecule has 1 amide bonds. The third kappa shape index (κ3) is 7.60. The van der Waals surface area contributed by atoms with Crippen LogP contribution < -0.4 is 9.50 Å². The van der Waals surface area contributed by atoms with E-state index in [9.17, 15) is 27.6 Å². The van der Waals surface area contributed by atoms with Crippen molar-refractivity contribution < 1.29 is 46.0 Å². The van der Waals surface area contributed by atoms with Crippen molar-refractivity contribution in [1.82, 2.24) is 10.3 Å². The number of hydrogen-bond donors (Lipinski definition) is 1. The molecule has 4 atom stereocenters. The molecule has 0 aliphatic carbocycles. The minimum atomic E-state index is -4.34. The minimum Gasteiger partial charge on any atom is -0.463 e. The standard InChI is InChI=1S/C28H34N2O10S/c1-7-20-24(39-26(32)15(2)3)18(6)38-28(34)21(14-37-27(20)33)30-25(31)22-23(17(5)12-13-29-22)40-41(35,36)19-10-8-16(4)9-11-19/h8-13,15,18,20-21,24H,7,14H2,1-6H3,(H,30,31). The van der Waals surface area contributed by atoms with Gasteiger partial charge < -0.3 is 23.7 Å². The van der Waals surface area contributed by atoms with E-state index in [2.05, 4.69) is 10.3 Å². The topological polar surface area (TPSA) is 164 Å². The van der Waals surface area contributed by atoms with E-state index < -0.39 is 76.3 Å². The summed E-state index contributed by atoms with van der Waals surface area (Å²) in [6.07, 6.45) is -0.641. The summed E-state index contributed by atoms with van der Waals surface area (Å²) in [6.45, 7) is 9.17. The van der Waals surface area contributed by atoms with Crippen molar-refractivity contribution in [3.8, 4) is 5.75 Å². The molecule has 1 fully saturated rings. The van der Waals surface area contributed by atoms with Gasteiger partial charge in [-0.1, -0.05) is 38.5 Å². The Labute approximate surface area is 238 Å². The molecule has 13 heteroatoms. The zero-order valence-corrected chi connectivity index (χ0v) is 24.5. The largest absolute Gasteiger partial charge is 0.463 e. The molecular formula is C28H34N2O10S. The molecule has 1 saturated heterocycles. The van der Waals surface area contributed by atoms with Crippen LogP contribution in [0.2, 0.25) is 0 Å². The van der Waals surface area contributed by atoms with E-state index in [1.165, 1.54) is 38.2 Å². The van der Waals surface area contributed by atoms with E-state index in [1.54, 1.807) is 39.8 Å². The monoisotopic (exact) mass is 590 g/mol. The summed E-state index contributed by atoms with van der Waals surface area (Å²) in [4.78, 5) is 55.4. The predicted octanol–water partition coefficient (Wildman–Crippen LogP) is 2.65. The maximum atomic E-state index is 13.3. The number of esters is 3. The molecule has 2 heterocycles. The number of nitrogens with zero attached hydrogens (tertiary/aromatic N) is 1. The highest BCUT2D eigenvalue weighted by molar-refractivity contribution is 7.87. The van der Waals surface area contributed by atoms with Crippen molar-refractivity contribution in [1.29, 1.82) is 0 Å². The van der Waals surface area contributed by atoms with Crippen molar-refractivity contribution in [3.05, 3.63) is 53.3 Å². The minimum absolute atomic E-state index is 0.128. The number of cyclic esters (lactones) is 2. The van der Waals surface area contributed by atoms with Gasteiger partial charge in [0.15, 0.2) is 23.6 Å². The maximum absolute atomic E-state index is 13.3. The van der Waals surface area contributed by atoms with E-state index in [-0.39, 0.29) is 17.1 Å². The van der Waals surface area contributed by atoms with Crippen molar-refractivity contribution in [2.45, 2.75) is 71.1 Å². The van der Waals surface area contributed by atoms with Gasteiger partial charge in [0.25, 0.3) is 5.91 Å². The molecular weight excluding hydrogens is 556 g/mol. The van der Waals surface area contributed by atoms with Gasteiger partial charge >= 0.3 is 28.0 Å². The molecule has 1 N–H and O–H groups in total. The van der Waals surface area contributed by atoms with Crippen LogP contribution in [0.3, 0.4) is 0 Å². The van der Waals surface area contributed by atoms with E-state index in [0.717, 1.165) is 5.56 Å². The van der Waals surface area contributed by atoms with Crippen LogP contribution in [-0.2, 0) is 38.7 Å². The molecule has 3 rings (SSSR count). The highest BCUT2D eigenvalue weighted by Crippen LogP contribution is 2.27. The first kappa shape index (κ1) is 31.5. The number of benzene rings is 1. The number of hydrogen-bond acceptors (Lipinski definition) is 11. The van der Waals surface area contributed by atoms with Gasteiger partial charge in [0, 0.05) is 6.20 Å². The number of carbonyl (C=O) groups excluding carboxylic acids is 4. The second-order valence-corrected chi connectivity index (χ2v) is 11.6. The van der Waals surface area contributed by atoms with Crippen molar-refractivity contribution >= 4 is 33.9 Å². The molecule has 222 valence electrons. The number of pyridine rings is 1. The van der Waals surface area contributed by atoms with Crippen LogP contribution in [-0.4, -0.2) is 62.1 Å². The lowest BCUT2D eigenvalue weighted by atomic mass is 9.95. The van der Waals surface area contributed by atoms with Gasteiger partial charge in [-0.2, -0.15) is 8.42 Å². The molecule has 12 nitrogen and oxygen atoms in total. The lowest BCUT2D eigenvalue weighted by Crippen LogP contribution is -2.47. The lowest BCUT2D eigenvalue weighted by Gasteiger charge is -2.29. The van der Waals surface area contributed by atoms with Crippen molar-refractivity contribution in [3.63, 3.8) is 0 Å². The van der Waals surface area contributed by atoms with Crippen LogP contribution >= 0.6 is 0 Å². The van der Waals surface area contributed by atoms with E-state index in [1.807, 2.05) is 0 Å². The average Bonchev–Trinajstić information content (AvgIpc) is 2.94. The molecule has 0 bridgehead atoms. The Hall–Kier alpha value is -4.00. The molecule has 1 aliphatic rings. The Morgan fingerprint density at radius 1 is 1.10 bits per heavy atom. The van der Waals surface area contributed by atoms with Crippen LogP contribution in [0.1, 0.15) is 55.7 Å². The molecule has 0 spiro atoms. The number of rotatable bonds is 8. The number of aromatic nitrogens is 1.